The van der Waals surface area contributed by atoms with Crippen LogP contribution in [0.2, 0.25) is 5.02 Å². The fourth-order valence-corrected chi connectivity index (χ4v) is 3.89. The number of rotatable bonds is 6. The van der Waals surface area contributed by atoms with Crippen molar-refractivity contribution >= 4 is 11.6 Å². The number of hydrogen-bond acceptors (Lipinski definition) is 3. The maximum atomic E-state index is 11.8. The lowest BCUT2D eigenvalue weighted by molar-refractivity contribution is -0.0250. The largest absolute Gasteiger partial charge is 0.384 e. The van der Waals surface area contributed by atoms with Gasteiger partial charge in [-0.05, 0) is 36.6 Å². The molecule has 4 heteroatoms. The molecule has 0 amide bonds. The summed E-state index contributed by atoms with van der Waals surface area (Å²) in [5, 5.41) is 12.5. The van der Waals surface area contributed by atoms with Crippen LogP contribution in [0, 0.1) is 6.92 Å². The molecular weight excluding hydrogens is 346 g/mol. The summed E-state index contributed by atoms with van der Waals surface area (Å²) >= 11 is 6.10. The van der Waals surface area contributed by atoms with Crippen molar-refractivity contribution in [2.75, 3.05) is 32.8 Å². The Kier molecular flexibility index (Phi) is 6.36. The summed E-state index contributed by atoms with van der Waals surface area (Å²) < 4.78 is 5.49. The summed E-state index contributed by atoms with van der Waals surface area (Å²) in [6.45, 7) is 8.23. The first kappa shape index (κ1) is 19.4. The lowest BCUT2D eigenvalue weighted by atomic mass is 9.75. The van der Waals surface area contributed by atoms with Crippen LogP contribution < -0.4 is 0 Å². The zero-order valence-electron chi connectivity index (χ0n) is 15.6. The van der Waals surface area contributed by atoms with E-state index in [0.29, 0.717) is 11.4 Å². The van der Waals surface area contributed by atoms with Crippen LogP contribution in [0.25, 0.3) is 0 Å². The van der Waals surface area contributed by atoms with Gasteiger partial charge < -0.3 is 9.84 Å². The molecule has 140 valence electrons. The molecule has 0 saturated carbocycles. The molecule has 1 heterocycles. The van der Waals surface area contributed by atoms with Gasteiger partial charge in [-0.2, -0.15) is 0 Å². The Bertz CT molecular complexity index is 695. The van der Waals surface area contributed by atoms with Gasteiger partial charge in [-0.3, -0.25) is 4.90 Å². The van der Waals surface area contributed by atoms with Crippen molar-refractivity contribution in [1.82, 2.24) is 4.90 Å². The fraction of sp³-hybridized carbons (Fsp3) is 0.455. The maximum absolute atomic E-state index is 11.8. The summed E-state index contributed by atoms with van der Waals surface area (Å²) in [7, 11) is 0. The normalized spacial score (nSPS) is 19.1. The summed E-state index contributed by atoms with van der Waals surface area (Å²) in [5.41, 5.74) is 2.35. The topological polar surface area (TPSA) is 32.7 Å². The van der Waals surface area contributed by atoms with E-state index in [2.05, 4.69) is 43.0 Å². The molecule has 26 heavy (non-hydrogen) atoms. The van der Waals surface area contributed by atoms with E-state index in [-0.39, 0.29) is 5.92 Å². The van der Waals surface area contributed by atoms with Crippen molar-refractivity contribution in [2.45, 2.75) is 31.8 Å². The first-order chi connectivity index (χ1) is 12.5. The number of nitrogens with zero attached hydrogens (tertiary/aromatic N) is 1. The second-order valence-electron chi connectivity index (χ2n) is 7.16. The number of hydrogen-bond donors (Lipinski definition) is 1. The summed E-state index contributed by atoms with van der Waals surface area (Å²) in [6.07, 6.45) is 0.647. The average molecular weight is 374 g/mol. The molecule has 1 aliphatic heterocycles. The molecule has 1 saturated heterocycles. The van der Waals surface area contributed by atoms with E-state index in [4.69, 9.17) is 16.3 Å². The minimum atomic E-state index is -0.931. The Morgan fingerprint density at radius 1 is 1.08 bits per heavy atom. The van der Waals surface area contributed by atoms with E-state index in [1.54, 1.807) is 0 Å². The van der Waals surface area contributed by atoms with Crippen molar-refractivity contribution in [1.29, 1.82) is 0 Å². The summed E-state index contributed by atoms with van der Waals surface area (Å²) in [5.74, 6) is -0.0365. The molecule has 1 N–H and O–H groups in total. The second-order valence-corrected chi connectivity index (χ2v) is 7.60. The highest BCUT2D eigenvalue weighted by Crippen LogP contribution is 2.41. The van der Waals surface area contributed by atoms with Crippen molar-refractivity contribution in [3.63, 3.8) is 0 Å². The highest BCUT2D eigenvalue weighted by molar-refractivity contribution is 6.30. The molecule has 0 aromatic heterocycles. The molecule has 0 spiro atoms. The maximum Gasteiger partial charge on any atom is 0.0974 e. The molecule has 0 aliphatic carbocycles. The zero-order chi connectivity index (χ0) is 18.6. The van der Waals surface area contributed by atoms with Crippen molar-refractivity contribution in [3.05, 3.63) is 70.2 Å². The first-order valence-corrected chi connectivity index (χ1v) is 9.76. The molecule has 2 aromatic carbocycles. The number of aryl methyl sites for hydroxylation is 1. The molecule has 2 aromatic rings. The van der Waals surface area contributed by atoms with E-state index in [9.17, 15) is 5.11 Å². The van der Waals surface area contributed by atoms with E-state index >= 15 is 0 Å². The Morgan fingerprint density at radius 2 is 1.69 bits per heavy atom. The third-order valence-corrected chi connectivity index (χ3v) is 5.74. The number of aliphatic hydroxyl groups is 1. The number of halogens is 1. The van der Waals surface area contributed by atoms with Gasteiger partial charge in [0.1, 0.15) is 0 Å². The smallest absolute Gasteiger partial charge is 0.0974 e. The van der Waals surface area contributed by atoms with Gasteiger partial charge in [0, 0.05) is 30.6 Å². The van der Waals surface area contributed by atoms with Crippen LogP contribution in [0.15, 0.2) is 48.5 Å². The van der Waals surface area contributed by atoms with E-state index in [0.717, 1.165) is 44.0 Å². The van der Waals surface area contributed by atoms with Gasteiger partial charge in [-0.25, -0.2) is 0 Å². The predicted molar refractivity (Wildman–Crippen MR) is 107 cm³/mol. The molecule has 2 atom stereocenters. The van der Waals surface area contributed by atoms with Gasteiger partial charge in [-0.15, -0.1) is 0 Å². The Hall–Kier alpha value is -1.39. The van der Waals surface area contributed by atoms with Crippen LogP contribution in [0.3, 0.4) is 0 Å². The van der Waals surface area contributed by atoms with Crippen molar-refractivity contribution in [2.24, 2.45) is 0 Å². The monoisotopic (exact) mass is 373 g/mol. The van der Waals surface area contributed by atoms with Gasteiger partial charge >= 0.3 is 0 Å². The minimum Gasteiger partial charge on any atom is -0.384 e. The highest BCUT2D eigenvalue weighted by atomic mass is 35.5. The van der Waals surface area contributed by atoms with Gasteiger partial charge in [0.2, 0.25) is 0 Å². The number of benzene rings is 2. The number of morpholine rings is 1. The van der Waals surface area contributed by atoms with Crippen LogP contribution in [-0.2, 0) is 10.3 Å². The molecular formula is C22H28ClNO2. The molecule has 0 unspecified atom stereocenters. The predicted octanol–water partition coefficient (Wildman–Crippen LogP) is 4.36. The van der Waals surface area contributed by atoms with Crippen LogP contribution in [0.1, 0.15) is 36.0 Å². The van der Waals surface area contributed by atoms with E-state index < -0.39 is 5.60 Å². The third-order valence-electron chi connectivity index (χ3n) is 5.48. The van der Waals surface area contributed by atoms with Crippen molar-refractivity contribution < 1.29 is 9.84 Å². The van der Waals surface area contributed by atoms with Crippen molar-refractivity contribution in [3.8, 4) is 0 Å². The lowest BCUT2D eigenvalue weighted by Crippen LogP contribution is -2.44. The number of ether oxygens (including phenoxy) is 1. The molecule has 1 fully saturated rings. The Labute approximate surface area is 161 Å². The van der Waals surface area contributed by atoms with E-state index in [1.807, 2.05) is 24.3 Å². The standard InChI is InChI=1S/C22H28ClNO2/c1-3-22(25,19-8-4-17(2)5-9-19)21(16-24-12-14-26-15-13-24)18-6-10-20(23)11-7-18/h4-11,21,25H,3,12-16H2,1-2H3/t21-,22-/m0/s1. The van der Waals surface area contributed by atoms with E-state index in [1.165, 1.54) is 5.56 Å². The summed E-state index contributed by atoms with van der Waals surface area (Å²) in [6, 6.07) is 16.2. The molecule has 3 rings (SSSR count). The zero-order valence-corrected chi connectivity index (χ0v) is 16.4. The fourth-order valence-electron chi connectivity index (χ4n) is 3.76. The van der Waals surface area contributed by atoms with Gasteiger partial charge in [0.15, 0.2) is 0 Å². The van der Waals surface area contributed by atoms with Gasteiger partial charge in [0.25, 0.3) is 0 Å². The van der Waals surface area contributed by atoms with Crippen LogP contribution in [-0.4, -0.2) is 42.9 Å². The third kappa shape index (κ3) is 4.29. The summed E-state index contributed by atoms with van der Waals surface area (Å²) in [4.78, 5) is 2.39. The highest BCUT2D eigenvalue weighted by Gasteiger charge is 2.39. The molecule has 0 radical (unpaired) electrons. The Morgan fingerprint density at radius 3 is 2.27 bits per heavy atom. The van der Waals surface area contributed by atoms with Gasteiger partial charge in [-0.1, -0.05) is 60.5 Å². The van der Waals surface area contributed by atoms with Gasteiger partial charge in [0.05, 0.1) is 18.8 Å². The second kappa shape index (κ2) is 8.53. The first-order valence-electron chi connectivity index (χ1n) is 9.38. The quantitative estimate of drug-likeness (QED) is 0.816. The SMILES string of the molecule is CC[C@](O)(c1ccc(C)cc1)[C@@H](CN1CCOCC1)c1ccc(Cl)cc1. The Balaban J connectivity index is 1.98. The van der Waals surface area contributed by atoms with Crippen LogP contribution in [0.5, 0.6) is 0 Å². The lowest BCUT2D eigenvalue weighted by Gasteiger charge is -2.40. The minimum absolute atomic E-state index is 0.0365. The van der Waals surface area contributed by atoms with Crippen LogP contribution >= 0.6 is 11.6 Å². The molecule has 1 aliphatic rings. The average Bonchev–Trinajstić information content (AvgIpc) is 2.68. The molecule has 3 nitrogen and oxygen atoms in total. The van der Waals surface area contributed by atoms with Crippen LogP contribution in [0.4, 0.5) is 0 Å². The molecule has 0 bridgehead atoms.